The van der Waals surface area contributed by atoms with Gasteiger partial charge in [0.25, 0.3) is 0 Å². The lowest BCUT2D eigenvalue weighted by molar-refractivity contribution is 0.112. The highest BCUT2D eigenvalue weighted by molar-refractivity contribution is 5.00. The van der Waals surface area contributed by atoms with Crippen LogP contribution in [0.2, 0.25) is 0 Å². The van der Waals surface area contributed by atoms with Crippen molar-refractivity contribution < 1.29 is 4.74 Å². The van der Waals surface area contributed by atoms with Crippen LogP contribution in [0.4, 0.5) is 0 Å². The number of rotatable bonds is 8. The van der Waals surface area contributed by atoms with Crippen molar-refractivity contribution in [3.63, 3.8) is 0 Å². The predicted octanol–water partition coefficient (Wildman–Crippen LogP) is 1.22. The van der Waals surface area contributed by atoms with E-state index in [1.807, 2.05) is 17.9 Å². The monoisotopic (exact) mass is 225 g/mol. The number of nitrogens with one attached hydrogen (secondary N) is 1. The minimum atomic E-state index is 0.620. The fraction of sp³-hybridized carbons (Fsp3) is 0.750. The molecule has 0 radical (unpaired) electrons. The third-order valence-corrected chi connectivity index (χ3v) is 2.35. The zero-order valence-electron chi connectivity index (χ0n) is 10.6. The molecule has 1 aromatic heterocycles. The third-order valence-electron chi connectivity index (χ3n) is 2.35. The van der Waals surface area contributed by atoms with Gasteiger partial charge >= 0.3 is 0 Å². The van der Waals surface area contributed by atoms with Gasteiger partial charge in [0, 0.05) is 45.1 Å². The summed E-state index contributed by atoms with van der Waals surface area (Å²) in [4.78, 5) is 0. The SMILES string of the molecule is CC(C)COCCNCCc1ccnn1C. The molecule has 0 saturated carbocycles. The summed E-state index contributed by atoms with van der Waals surface area (Å²) in [6.07, 6.45) is 2.85. The average Bonchev–Trinajstić information content (AvgIpc) is 2.62. The molecule has 1 rings (SSSR count). The van der Waals surface area contributed by atoms with E-state index >= 15 is 0 Å². The molecule has 0 aliphatic rings. The minimum Gasteiger partial charge on any atom is -0.380 e. The van der Waals surface area contributed by atoms with Gasteiger partial charge in [-0.3, -0.25) is 4.68 Å². The second kappa shape index (κ2) is 7.41. The second-order valence-electron chi connectivity index (χ2n) is 4.41. The molecule has 1 heterocycles. The topological polar surface area (TPSA) is 39.1 Å². The molecule has 0 fully saturated rings. The first-order chi connectivity index (χ1) is 7.70. The Kier molecular flexibility index (Phi) is 6.11. The Balaban J connectivity index is 1.94. The van der Waals surface area contributed by atoms with Crippen LogP contribution in [0.5, 0.6) is 0 Å². The van der Waals surface area contributed by atoms with Crippen LogP contribution in [0.25, 0.3) is 0 Å². The van der Waals surface area contributed by atoms with Gasteiger partial charge in [-0.2, -0.15) is 5.10 Å². The quantitative estimate of drug-likeness (QED) is 0.676. The maximum atomic E-state index is 5.48. The molecule has 0 spiro atoms. The first-order valence-corrected chi connectivity index (χ1v) is 5.95. The summed E-state index contributed by atoms with van der Waals surface area (Å²) in [6, 6.07) is 2.05. The van der Waals surface area contributed by atoms with Crippen molar-refractivity contribution in [2.75, 3.05) is 26.3 Å². The van der Waals surface area contributed by atoms with E-state index in [9.17, 15) is 0 Å². The van der Waals surface area contributed by atoms with E-state index in [1.165, 1.54) is 5.69 Å². The van der Waals surface area contributed by atoms with E-state index in [0.29, 0.717) is 5.92 Å². The molecule has 0 aliphatic carbocycles. The Morgan fingerprint density at radius 3 is 2.88 bits per heavy atom. The Morgan fingerprint density at radius 2 is 2.25 bits per heavy atom. The Morgan fingerprint density at radius 1 is 1.44 bits per heavy atom. The van der Waals surface area contributed by atoms with E-state index in [1.54, 1.807) is 0 Å². The van der Waals surface area contributed by atoms with Gasteiger partial charge in [-0.15, -0.1) is 0 Å². The molecular formula is C12H23N3O. The van der Waals surface area contributed by atoms with E-state index in [0.717, 1.165) is 32.7 Å². The van der Waals surface area contributed by atoms with Crippen LogP contribution < -0.4 is 5.32 Å². The maximum Gasteiger partial charge on any atom is 0.0591 e. The molecule has 0 bridgehead atoms. The van der Waals surface area contributed by atoms with Crippen molar-refractivity contribution in [1.29, 1.82) is 0 Å². The molecule has 92 valence electrons. The van der Waals surface area contributed by atoms with Crippen LogP contribution in [0.15, 0.2) is 12.3 Å². The summed E-state index contributed by atoms with van der Waals surface area (Å²) in [7, 11) is 1.97. The van der Waals surface area contributed by atoms with Gasteiger partial charge in [0.1, 0.15) is 0 Å². The summed E-state index contributed by atoms with van der Waals surface area (Å²) < 4.78 is 7.39. The van der Waals surface area contributed by atoms with Gasteiger partial charge in [0.2, 0.25) is 0 Å². The normalized spacial score (nSPS) is 11.2. The lowest BCUT2D eigenvalue weighted by Crippen LogP contribution is -2.23. The Hall–Kier alpha value is -0.870. The van der Waals surface area contributed by atoms with Crippen molar-refractivity contribution in [2.24, 2.45) is 13.0 Å². The van der Waals surface area contributed by atoms with Gasteiger partial charge in [0.15, 0.2) is 0 Å². The lowest BCUT2D eigenvalue weighted by atomic mass is 10.2. The molecule has 4 nitrogen and oxygen atoms in total. The minimum absolute atomic E-state index is 0.620. The molecule has 1 N–H and O–H groups in total. The number of hydrogen-bond acceptors (Lipinski definition) is 3. The standard InChI is InChI=1S/C12H23N3O/c1-11(2)10-16-9-8-13-6-4-12-5-7-14-15(12)3/h5,7,11,13H,4,6,8-10H2,1-3H3. The van der Waals surface area contributed by atoms with E-state index in [-0.39, 0.29) is 0 Å². The molecule has 0 saturated heterocycles. The van der Waals surface area contributed by atoms with Crippen LogP contribution in [-0.4, -0.2) is 36.1 Å². The van der Waals surface area contributed by atoms with Crippen molar-refractivity contribution >= 4 is 0 Å². The highest BCUT2D eigenvalue weighted by Gasteiger charge is 1.97. The van der Waals surface area contributed by atoms with Crippen molar-refractivity contribution in [1.82, 2.24) is 15.1 Å². The third kappa shape index (κ3) is 5.28. The molecule has 16 heavy (non-hydrogen) atoms. The molecule has 4 heteroatoms. The molecule has 0 amide bonds. The number of nitrogens with zero attached hydrogens (tertiary/aromatic N) is 2. The van der Waals surface area contributed by atoms with Gasteiger partial charge in [-0.1, -0.05) is 13.8 Å². The largest absolute Gasteiger partial charge is 0.380 e. The molecule has 0 aliphatic heterocycles. The van der Waals surface area contributed by atoms with Gasteiger partial charge in [0.05, 0.1) is 6.61 Å². The van der Waals surface area contributed by atoms with Crippen LogP contribution >= 0.6 is 0 Å². The zero-order chi connectivity index (χ0) is 11.8. The summed E-state index contributed by atoms with van der Waals surface area (Å²) in [6.45, 7) is 7.87. The smallest absolute Gasteiger partial charge is 0.0591 e. The first-order valence-electron chi connectivity index (χ1n) is 5.95. The van der Waals surface area contributed by atoms with E-state index in [2.05, 4.69) is 30.3 Å². The molecular weight excluding hydrogens is 202 g/mol. The van der Waals surface area contributed by atoms with Gasteiger partial charge in [-0.05, 0) is 12.0 Å². The van der Waals surface area contributed by atoms with Crippen LogP contribution in [0, 0.1) is 5.92 Å². The fourth-order valence-electron chi connectivity index (χ4n) is 1.45. The van der Waals surface area contributed by atoms with Gasteiger partial charge in [-0.25, -0.2) is 0 Å². The number of ether oxygens (including phenoxy) is 1. The lowest BCUT2D eigenvalue weighted by Gasteiger charge is -2.08. The fourth-order valence-corrected chi connectivity index (χ4v) is 1.45. The number of hydrogen-bond donors (Lipinski definition) is 1. The molecule has 0 atom stereocenters. The average molecular weight is 225 g/mol. The number of aryl methyl sites for hydroxylation is 1. The van der Waals surface area contributed by atoms with Crippen molar-refractivity contribution in [3.05, 3.63) is 18.0 Å². The molecule has 0 unspecified atom stereocenters. The zero-order valence-corrected chi connectivity index (χ0v) is 10.6. The Bertz CT molecular complexity index is 284. The maximum absolute atomic E-state index is 5.48. The summed E-state index contributed by atoms with van der Waals surface area (Å²) >= 11 is 0. The highest BCUT2D eigenvalue weighted by atomic mass is 16.5. The van der Waals surface area contributed by atoms with Crippen LogP contribution in [-0.2, 0) is 18.2 Å². The second-order valence-corrected chi connectivity index (χ2v) is 4.41. The summed E-state index contributed by atoms with van der Waals surface area (Å²) in [5, 5.41) is 7.49. The van der Waals surface area contributed by atoms with Gasteiger partial charge < -0.3 is 10.1 Å². The van der Waals surface area contributed by atoms with Crippen molar-refractivity contribution in [3.8, 4) is 0 Å². The first kappa shape index (κ1) is 13.2. The Labute approximate surface area is 98.0 Å². The molecule has 0 aromatic carbocycles. The van der Waals surface area contributed by atoms with Crippen LogP contribution in [0.3, 0.4) is 0 Å². The number of aromatic nitrogens is 2. The summed E-state index contributed by atoms with van der Waals surface area (Å²) in [5.41, 5.74) is 1.26. The van der Waals surface area contributed by atoms with E-state index in [4.69, 9.17) is 4.74 Å². The molecule has 1 aromatic rings. The van der Waals surface area contributed by atoms with E-state index < -0.39 is 0 Å². The van der Waals surface area contributed by atoms with Crippen molar-refractivity contribution in [2.45, 2.75) is 20.3 Å². The summed E-state index contributed by atoms with van der Waals surface area (Å²) in [5.74, 6) is 0.620. The highest BCUT2D eigenvalue weighted by Crippen LogP contribution is 1.95. The predicted molar refractivity (Wildman–Crippen MR) is 65.4 cm³/mol. The van der Waals surface area contributed by atoms with Crippen LogP contribution in [0.1, 0.15) is 19.5 Å².